The molecule has 0 saturated carbocycles. The lowest BCUT2D eigenvalue weighted by atomic mass is 10.1. The van der Waals surface area contributed by atoms with Crippen molar-refractivity contribution in [1.29, 1.82) is 0 Å². The van der Waals surface area contributed by atoms with Crippen LogP contribution in [0.25, 0.3) is 0 Å². The molecular formula is C12H21N3O3. The van der Waals surface area contributed by atoms with Crippen LogP contribution in [0.3, 0.4) is 0 Å². The standard InChI is InChI=1S/C12H21N3O3/c1-3-9-7-18-8(2)6-15(9)12(17)10-4-14-11(16)5-13-10/h8-10,13H,3-7H2,1-2H3,(H,14,16). The van der Waals surface area contributed by atoms with Gasteiger partial charge < -0.3 is 15.0 Å². The monoisotopic (exact) mass is 255 g/mol. The Labute approximate surface area is 107 Å². The summed E-state index contributed by atoms with van der Waals surface area (Å²) in [5, 5.41) is 5.70. The summed E-state index contributed by atoms with van der Waals surface area (Å²) >= 11 is 0. The van der Waals surface area contributed by atoms with Gasteiger partial charge in [0.25, 0.3) is 0 Å². The minimum absolute atomic E-state index is 0.0542. The van der Waals surface area contributed by atoms with Crippen LogP contribution in [-0.2, 0) is 14.3 Å². The van der Waals surface area contributed by atoms with Crippen LogP contribution in [0.5, 0.6) is 0 Å². The van der Waals surface area contributed by atoms with Gasteiger partial charge in [0.1, 0.15) is 6.04 Å². The molecule has 6 heteroatoms. The van der Waals surface area contributed by atoms with E-state index in [0.29, 0.717) is 19.7 Å². The highest BCUT2D eigenvalue weighted by molar-refractivity contribution is 5.87. The Balaban J connectivity index is 1.99. The van der Waals surface area contributed by atoms with Crippen molar-refractivity contribution in [3.05, 3.63) is 0 Å². The van der Waals surface area contributed by atoms with E-state index in [2.05, 4.69) is 17.6 Å². The maximum absolute atomic E-state index is 12.4. The highest BCUT2D eigenvalue weighted by Gasteiger charge is 2.34. The van der Waals surface area contributed by atoms with Gasteiger partial charge in [-0.05, 0) is 13.3 Å². The van der Waals surface area contributed by atoms with Gasteiger partial charge in [-0.3, -0.25) is 14.9 Å². The molecule has 0 radical (unpaired) electrons. The van der Waals surface area contributed by atoms with E-state index in [9.17, 15) is 9.59 Å². The number of hydrogen-bond donors (Lipinski definition) is 2. The number of nitrogens with zero attached hydrogens (tertiary/aromatic N) is 1. The number of piperazine rings is 1. The predicted octanol–water partition coefficient (Wildman–Crippen LogP) is -0.900. The average Bonchev–Trinajstić information content (AvgIpc) is 2.39. The Morgan fingerprint density at radius 1 is 1.56 bits per heavy atom. The normalized spacial score (nSPS) is 33.1. The summed E-state index contributed by atoms with van der Waals surface area (Å²) in [4.78, 5) is 25.4. The lowest BCUT2D eigenvalue weighted by Crippen LogP contribution is -2.62. The van der Waals surface area contributed by atoms with Crippen LogP contribution in [0.1, 0.15) is 20.3 Å². The summed E-state index contributed by atoms with van der Waals surface area (Å²) in [7, 11) is 0. The average molecular weight is 255 g/mol. The number of carbonyl (C=O) groups excluding carboxylic acids is 2. The highest BCUT2D eigenvalue weighted by atomic mass is 16.5. The van der Waals surface area contributed by atoms with E-state index in [1.807, 2.05) is 11.8 Å². The molecule has 0 aromatic heterocycles. The molecule has 0 aromatic carbocycles. The van der Waals surface area contributed by atoms with E-state index in [1.54, 1.807) is 0 Å². The van der Waals surface area contributed by atoms with Gasteiger partial charge in [0, 0.05) is 13.1 Å². The third-order valence-corrected chi connectivity index (χ3v) is 3.53. The van der Waals surface area contributed by atoms with Crippen LogP contribution in [-0.4, -0.2) is 61.1 Å². The molecule has 2 N–H and O–H groups in total. The van der Waals surface area contributed by atoms with E-state index in [4.69, 9.17) is 4.74 Å². The van der Waals surface area contributed by atoms with Gasteiger partial charge in [-0.2, -0.15) is 0 Å². The number of rotatable bonds is 2. The zero-order valence-electron chi connectivity index (χ0n) is 10.9. The third kappa shape index (κ3) is 2.81. The number of morpholine rings is 1. The van der Waals surface area contributed by atoms with Crippen molar-refractivity contribution in [3.8, 4) is 0 Å². The quantitative estimate of drug-likeness (QED) is 0.671. The molecule has 6 nitrogen and oxygen atoms in total. The maximum Gasteiger partial charge on any atom is 0.241 e. The third-order valence-electron chi connectivity index (χ3n) is 3.53. The minimum atomic E-state index is -0.304. The first-order valence-corrected chi connectivity index (χ1v) is 6.54. The van der Waals surface area contributed by atoms with Crippen molar-refractivity contribution in [2.45, 2.75) is 38.5 Å². The molecule has 2 aliphatic rings. The molecule has 2 aliphatic heterocycles. The predicted molar refractivity (Wildman–Crippen MR) is 66.0 cm³/mol. The van der Waals surface area contributed by atoms with Crippen molar-refractivity contribution in [2.24, 2.45) is 0 Å². The molecule has 2 saturated heterocycles. The Bertz CT molecular complexity index is 325. The first-order chi connectivity index (χ1) is 8.61. The van der Waals surface area contributed by atoms with Crippen LogP contribution >= 0.6 is 0 Å². The maximum atomic E-state index is 12.4. The molecule has 2 fully saturated rings. The topological polar surface area (TPSA) is 70.7 Å². The largest absolute Gasteiger partial charge is 0.375 e. The van der Waals surface area contributed by atoms with Crippen molar-refractivity contribution >= 4 is 11.8 Å². The van der Waals surface area contributed by atoms with E-state index in [1.165, 1.54) is 0 Å². The number of nitrogens with one attached hydrogen (secondary N) is 2. The molecular weight excluding hydrogens is 234 g/mol. The van der Waals surface area contributed by atoms with Gasteiger partial charge in [-0.15, -0.1) is 0 Å². The highest BCUT2D eigenvalue weighted by Crippen LogP contribution is 2.15. The number of carbonyl (C=O) groups is 2. The molecule has 3 unspecified atom stereocenters. The lowest BCUT2D eigenvalue weighted by molar-refractivity contribution is -0.147. The summed E-state index contributed by atoms with van der Waals surface area (Å²) in [6.07, 6.45) is 0.965. The fraction of sp³-hybridized carbons (Fsp3) is 0.833. The van der Waals surface area contributed by atoms with Gasteiger partial charge in [0.05, 0.1) is 25.3 Å². The van der Waals surface area contributed by atoms with Crippen LogP contribution < -0.4 is 10.6 Å². The van der Waals surface area contributed by atoms with Crippen LogP contribution in [0.15, 0.2) is 0 Å². The Hall–Kier alpha value is -1.14. The molecule has 2 amide bonds. The first-order valence-electron chi connectivity index (χ1n) is 6.54. The first kappa shape index (κ1) is 13.3. The van der Waals surface area contributed by atoms with E-state index in [-0.39, 0.29) is 36.5 Å². The lowest BCUT2D eigenvalue weighted by Gasteiger charge is -2.40. The van der Waals surface area contributed by atoms with E-state index >= 15 is 0 Å². The van der Waals surface area contributed by atoms with Crippen LogP contribution in [0.2, 0.25) is 0 Å². The molecule has 0 aliphatic carbocycles. The fourth-order valence-corrected chi connectivity index (χ4v) is 2.39. The van der Waals surface area contributed by atoms with Crippen LogP contribution in [0, 0.1) is 0 Å². The molecule has 102 valence electrons. The second-order valence-electron chi connectivity index (χ2n) is 4.93. The molecule has 18 heavy (non-hydrogen) atoms. The van der Waals surface area contributed by atoms with E-state index in [0.717, 1.165) is 6.42 Å². The molecule has 0 bridgehead atoms. The number of ether oxygens (including phenoxy) is 1. The number of hydrogen-bond acceptors (Lipinski definition) is 4. The van der Waals surface area contributed by atoms with Gasteiger partial charge in [0.15, 0.2) is 0 Å². The van der Waals surface area contributed by atoms with Gasteiger partial charge in [0.2, 0.25) is 11.8 Å². The zero-order chi connectivity index (χ0) is 13.1. The summed E-state index contributed by atoms with van der Waals surface area (Å²) in [6, 6.07) is -0.157. The Morgan fingerprint density at radius 3 is 2.94 bits per heavy atom. The molecule has 2 heterocycles. The van der Waals surface area contributed by atoms with Gasteiger partial charge in [-0.25, -0.2) is 0 Å². The molecule has 2 rings (SSSR count). The number of amides is 2. The Kier molecular flexibility index (Phi) is 4.19. The van der Waals surface area contributed by atoms with Crippen molar-refractivity contribution in [1.82, 2.24) is 15.5 Å². The van der Waals surface area contributed by atoms with Crippen molar-refractivity contribution in [2.75, 3.05) is 26.2 Å². The molecule has 3 atom stereocenters. The van der Waals surface area contributed by atoms with Crippen molar-refractivity contribution in [3.63, 3.8) is 0 Å². The fourth-order valence-electron chi connectivity index (χ4n) is 2.39. The second kappa shape index (κ2) is 5.67. The zero-order valence-corrected chi connectivity index (χ0v) is 10.9. The SMILES string of the molecule is CCC1COC(C)CN1C(=O)C1CNC(=O)CN1. The minimum Gasteiger partial charge on any atom is -0.375 e. The summed E-state index contributed by atoms with van der Waals surface area (Å²) < 4.78 is 5.58. The smallest absolute Gasteiger partial charge is 0.241 e. The molecule has 0 spiro atoms. The van der Waals surface area contributed by atoms with Gasteiger partial charge >= 0.3 is 0 Å². The molecule has 0 aromatic rings. The Morgan fingerprint density at radius 2 is 2.33 bits per heavy atom. The van der Waals surface area contributed by atoms with Gasteiger partial charge in [-0.1, -0.05) is 6.92 Å². The summed E-state index contributed by atoms with van der Waals surface area (Å²) in [5.74, 6) is 0.0124. The van der Waals surface area contributed by atoms with E-state index < -0.39 is 0 Å². The summed E-state index contributed by atoms with van der Waals surface area (Å²) in [6.45, 7) is 5.85. The van der Waals surface area contributed by atoms with Crippen molar-refractivity contribution < 1.29 is 14.3 Å². The van der Waals surface area contributed by atoms with Crippen LogP contribution in [0.4, 0.5) is 0 Å². The summed E-state index contributed by atoms with van der Waals surface area (Å²) in [5.41, 5.74) is 0. The second-order valence-corrected chi connectivity index (χ2v) is 4.93.